The molecule has 1 aromatic heterocycles. The second-order valence-corrected chi connectivity index (χ2v) is 2.98. The number of hydrogen-bond acceptors (Lipinski definition) is 3. The lowest BCUT2D eigenvalue weighted by Crippen LogP contribution is -2.17. The highest BCUT2D eigenvalue weighted by Gasteiger charge is 2.02. The minimum absolute atomic E-state index is 0.306. The Morgan fingerprint density at radius 2 is 2.23 bits per heavy atom. The van der Waals surface area contributed by atoms with Crippen molar-refractivity contribution in [1.29, 1.82) is 0 Å². The molecule has 0 saturated carbocycles. The van der Waals surface area contributed by atoms with Gasteiger partial charge in [-0.3, -0.25) is 4.79 Å². The van der Waals surface area contributed by atoms with Crippen LogP contribution in [0.15, 0.2) is 29.2 Å². The van der Waals surface area contributed by atoms with Crippen molar-refractivity contribution < 1.29 is 5.21 Å². The van der Waals surface area contributed by atoms with Gasteiger partial charge >= 0.3 is 5.56 Å². The quantitative estimate of drug-likeness (QED) is 0.646. The molecule has 0 aliphatic carbocycles. The highest BCUT2D eigenvalue weighted by atomic mass is 35.5. The van der Waals surface area contributed by atoms with Crippen LogP contribution in [0, 0.1) is 0 Å². The SMILES string of the molecule is O=c1cnc2ccc(Cl)cc2n1O. The van der Waals surface area contributed by atoms with Gasteiger partial charge in [0, 0.05) is 5.02 Å². The summed E-state index contributed by atoms with van der Waals surface area (Å²) >= 11 is 5.69. The lowest BCUT2D eigenvalue weighted by Gasteiger charge is -2.00. The van der Waals surface area contributed by atoms with E-state index in [1.807, 2.05) is 0 Å². The molecule has 0 unspecified atom stereocenters. The molecular weight excluding hydrogens is 192 g/mol. The summed E-state index contributed by atoms with van der Waals surface area (Å²) in [6.07, 6.45) is 1.05. The molecule has 0 bridgehead atoms. The van der Waals surface area contributed by atoms with E-state index in [0.29, 0.717) is 20.8 Å². The molecule has 0 aliphatic rings. The fourth-order valence-electron chi connectivity index (χ4n) is 1.07. The van der Waals surface area contributed by atoms with E-state index in [9.17, 15) is 10.0 Å². The van der Waals surface area contributed by atoms with Crippen LogP contribution in [0.3, 0.4) is 0 Å². The lowest BCUT2D eigenvalue weighted by atomic mass is 10.3. The van der Waals surface area contributed by atoms with Crippen LogP contribution in [-0.4, -0.2) is 14.9 Å². The van der Waals surface area contributed by atoms with Crippen LogP contribution in [0.2, 0.25) is 5.02 Å². The van der Waals surface area contributed by atoms with Gasteiger partial charge in [0.2, 0.25) is 0 Å². The Hall–Kier alpha value is -1.55. The highest BCUT2D eigenvalue weighted by Crippen LogP contribution is 2.14. The summed E-state index contributed by atoms with van der Waals surface area (Å²) in [6.45, 7) is 0. The van der Waals surface area contributed by atoms with Crippen LogP contribution in [0.25, 0.3) is 11.0 Å². The summed E-state index contributed by atoms with van der Waals surface area (Å²) in [5.41, 5.74) is 0.251. The smallest absolute Gasteiger partial charge is 0.301 e. The minimum atomic E-state index is -0.574. The summed E-state index contributed by atoms with van der Waals surface area (Å²) < 4.78 is 0.522. The zero-order chi connectivity index (χ0) is 9.42. The Labute approximate surface area is 78.0 Å². The van der Waals surface area contributed by atoms with Crippen LogP contribution in [0.4, 0.5) is 0 Å². The van der Waals surface area contributed by atoms with E-state index < -0.39 is 5.56 Å². The first-order valence-corrected chi connectivity index (χ1v) is 3.93. The number of fused-ring (bicyclic) bond motifs is 1. The minimum Gasteiger partial charge on any atom is -0.425 e. The largest absolute Gasteiger partial charge is 0.425 e. The fourth-order valence-corrected chi connectivity index (χ4v) is 1.24. The number of aromatic nitrogens is 2. The van der Waals surface area contributed by atoms with Crippen molar-refractivity contribution in [1.82, 2.24) is 9.71 Å². The summed E-state index contributed by atoms with van der Waals surface area (Å²) in [7, 11) is 0. The summed E-state index contributed by atoms with van der Waals surface area (Å²) in [5.74, 6) is 0. The van der Waals surface area contributed by atoms with E-state index in [1.54, 1.807) is 12.1 Å². The Morgan fingerprint density at radius 3 is 3.00 bits per heavy atom. The van der Waals surface area contributed by atoms with Crippen LogP contribution in [0.1, 0.15) is 0 Å². The van der Waals surface area contributed by atoms with Gasteiger partial charge in [-0.05, 0) is 18.2 Å². The Balaban J connectivity index is 2.97. The zero-order valence-electron chi connectivity index (χ0n) is 6.44. The van der Waals surface area contributed by atoms with Crippen molar-refractivity contribution >= 4 is 22.6 Å². The standard InChI is InChI=1S/C8H5ClN2O2/c9-5-1-2-6-7(3-5)11(13)8(12)4-10-6/h1-4,13H. The van der Waals surface area contributed by atoms with Crippen molar-refractivity contribution in [3.8, 4) is 0 Å². The normalized spacial score (nSPS) is 10.5. The zero-order valence-corrected chi connectivity index (χ0v) is 7.19. The maximum Gasteiger partial charge on any atom is 0.301 e. The predicted molar refractivity (Wildman–Crippen MR) is 48.2 cm³/mol. The molecule has 2 rings (SSSR count). The van der Waals surface area contributed by atoms with E-state index in [0.717, 1.165) is 6.20 Å². The van der Waals surface area contributed by atoms with Crippen molar-refractivity contribution in [3.63, 3.8) is 0 Å². The van der Waals surface area contributed by atoms with Crippen LogP contribution in [-0.2, 0) is 0 Å². The molecule has 0 amide bonds. The Morgan fingerprint density at radius 1 is 1.46 bits per heavy atom. The van der Waals surface area contributed by atoms with Gasteiger partial charge in [-0.2, -0.15) is 0 Å². The molecule has 5 heteroatoms. The summed E-state index contributed by atoms with van der Waals surface area (Å²) in [5, 5.41) is 9.74. The Kier molecular flexibility index (Phi) is 1.70. The number of rotatable bonds is 0. The van der Waals surface area contributed by atoms with Gasteiger partial charge in [-0.1, -0.05) is 11.6 Å². The Bertz CT molecular complexity index is 521. The molecule has 1 N–H and O–H groups in total. The lowest BCUT2D eigenvalue weighted by molar-refractivity contribution is 0.188. The molecule has 13 heavy (non-hydrogen) atoms. The van der Waals surface area contributed by atoms with Gasteiger partial charge in [0.25, 0.3) is 0 Å². The van der Waals surface area contributed by atoms with Gasteiger partial charge in [-0.15, -0.1) is 4.73 Å². The monoisotopic (exact) mass is 196 g/mol. The van der Waals surface area contributed by atoms with Crippen molar-refractivity contribution in [2.24, 2.45) is 0 Å². The predicted octanol–water partition coefficient (Wildman–Crippen LogP) is 1.29. The maximum atomic E-state index is 11.0. The number of hydrogen-bond donors (Lipinski definition) is 1. The summed E-state index contributed by atoms with van der Waals surface area (Å²) in [6, 6.07) is 4.75. The van der Waals surface area contributed by atoms with Crippen molar-refractivity contribution in [2.75, 3.05) is 0 Å². The number of benzene rings is 1. The third-order valence-corrected chi connectivity index (χ3v) is 1.92. The van der Waals surface area contributed by atoms with Gasteiger partial charge in [0.15, 0.2) is 0 Å². The van der Waals surface area contributed by atoms with E-state index in [1.165, 1.54) is 6.07 Å². The molecule has 2 aromatic rings. The molecule has 1 aromatic carbocycles. The van der Waals surface area contributed by atoms with E-state index in [4.69, 9.17) is 11.6 Å². The fraction of sp³-hybridized carbons (Fsp3) is 0. The molecule has 0 saturated heterocycles. The molecule has 0 fully saturated rings. The first kappa shape index (κ1) is 8.07. The van der Waals surface area contributed by atoms with Crippen molar-refractivity contribution in [3.05, 3.63) is 39.8 Å². The van der Waals surface area contributed by atoms with Crippen LogP contribution in [0.5, 0.6) is 0 Å². The average molecular weight is 197 g/mol. The first-order chi connectivity index (χ1) is 6.18. The highest BCUT2D eigenvalue weighted by molar-refractivity contribution is 6.31. The summed E-state index contributed by atoms with van der Waals surface area (Å²) in [4.78, 5) is 14.8. The third-order valence-electron chi connectivity index (χ3n) is 1.69. The molecule has 66 valence electrons. The van der Waals surface area contributed by atoms with Crippen LogP contribution < -0.4 is 5.56 Å². The van der Waals surface area contributed by atoms with Crippen molar-refractivity contribution in [2.45, 2.75) is 0 Å². The van der Waals surface area contributed by atoms with Crippen LogP contribution >= 0.6 is 11.6 Å². The van der Waals surface area contributed by atoms with E-state index in [-0.39, 0.29) is 0 Å². The average Bonchev–Trinajstić information content (AvgIpc) is 2.12. The molecule has 4 nitrogen and oxygen atoms in total. The molecule has 0 radical (unpaired) electrons. The van der Waals surface area contributed by atoms with Gasteiger partial charge in [-0.25, -0.2) is 4.98 Å². The topological polar surface area (TPSA) is 55.1 Å². The second-order valence-electron chi connectivity index (χ2n) is 2.54. The molecule has 0 spiro atoms. The van der Waals surface area contributed by atoms with Gasteiger partial charge < -0.3 is 5.21 Å². The van der Waals surface area contributed by atoms with Gasteiger partial charge in [0.1, 0.15) is 5.52 Å². The number of halogens is 1. The second kappa shape index (κ2) is 2.74. The molecule has 0 aliphatic heterocycles. The van der Waals surface area contributed by atoms with Gasteiger partial charge in [0.05, 0.1) is 11.7 Å². The van der Waals surface area contributed by atoms with E-state index in [2.05, 4.69) is 4.98 Å². The third kappa shape index (κ3) is 1.25. The molecule has 1 heterocycles. The molecular formula is C8H5ClN2O2. The number of nitrogens with zero attached hydrogens (tertiary/aromatic N) is 2. The first-order valence-electron chi connectivity index (χ1n) is 3.55. The maximum absolute atomic E-state index is 11.0. The van der Waals surface area contributed by atoms with E-state index >= 15 is 0 Å². The molecule has 0 atom stereocenters.